The standard InChI is InChI=1S/C25H25N7O5/c1-36-20-14-17(22(26)33)13-19-21(20)32(24(29-19)30-23(34)18-9-5-11-28-31-18)12-6-10-27-25(35)37-15-16-7-3-2-4-8-16/h2-5,7-9,11,13-14H,6,10,12,15H2,1H3,(H2,26,33)(H,27,35)(H,29,30,34). The van der Waals surface area contributed by atoms with Crippen LogP contribution in [0.25, 0.3) is 11.0 Å². The number of imidazole rings is 1. The van der Waals surface area contributed by atoms with Crippen LogP contribution in [0.1, 0.15) is 32.8 Å². The quantitative estimate of drug-likeness (QED) is 0.278. The fourth-order valence-electron chi connectivity index (χ4n) is 3.63. The second kappa shape index (κ2) is 11.6. The van der Waals surface area contributed by atoms with Gasteiger partial charge >= 0.3 is 6.09 Å². The Bertz CT molecular complexity index is 1410. The lowest BCUT2D eigenvalue weighted by Crippen LogP contribution is -2.26. The molecule has 4 aromatic rings. The summed E-state index contributed by atoms with van der Waals surface area (Å²) in [6.45, 7) is 0.807. The number of aromatic nitrogens is 4. The van der Waals surface area contributed by atoms with E-state index in [1.807, 2.05) is 30.3 Å². The molecule has 0 bridgehead atoms. The van der Waals surface area contributed by atoms with E-state index in [2.05, 4.69) is 25.8 Å². The Hall–Kier alpha value is -5.00. The summed E-state index contributed by atoms with van der Waals surface area (Å²) in [6.07, 6.45) is 1.39. The summed E-state index contributed by atoms with van der Waals surface area (Å²) in [5.74, 6) is -0.592. The van der Waals surface area contributed by atoms with Crippen molar-refractivity contribution in [3.63, 3.8) is 0 Å². The molecule has 0 aliphatic heterocycles. The molecular formula is C25H25N7O5. The number of alkyl carbamates (subject to hydrolysis) is 1. The maximum Gasteiger partial charge on any atom is 0.407 e. The summed E-state index contributed by atoms with van der Waals surface area (Å²) in [4.78, 5) is 41.1. The molecular weight excluding hydrogens is 478 g/mol. The largest absolute Gasteiger partial charge is 0.494 e. The van der Waals surface area contributed by atoms with E-state index in [4.69, 9.17) is 15.2 Å². The lowest BCUT2D eigenvalue weighted by Gasteiger charge is -2.13. The van der Waals surface area contributed by atoms with Crippen molar-refractivity contribution in [2.75, 3.05) is 19.0 Å². The first-order valence-electron chi connectivity index (χ1n) is 11.4. The number of nitrogens with one attached hydrogen (secondary N) is 2. The average molecular weight is 504 g/mol. The molecule has 2 aromatic heterocycles. The molecule has 12 heteroatoms. The van der Waals surface area contributed by atoms with Gasteiger partial charge in [-0.3, -0.25) is 14.9 Å². The monoisotopic (exact) mass is 503 g/mol. The zero-order valence-corrected chi connectivity index (χ0v) is 20.0. The number of aryl methyl sites for hydroxylation is 1. The van der Waals surface area contributed by atoms with Gasteiger partial charge in [0, 0.05) is 24.8 Å². The molecule has 190 valence electrons. The SMILES string of the molecule is COc1cc(C(N)=O)cc2nc(NC(=O)c3cccnn3)n(CCCNC(=O)OCc3ccccc3)c12. The Labute approximate surface area is 211 Å². The summed E-state index contributed by atoms with van der Waals surface area (Å²) < 4.78 is 12.4. The zero-order chi connectivity index (χ0) is 26.2. The first kappa shape index (κ1) is 25.1. The number of amides is 3. The van der Waals surface area contributed by atoms with Gasteiger partial charge in [0.25, 0.3) is 5.91 Å². The molecule has 0 saturated carbocycles. The van der Waals surface area contributed by atoms with Crippen LogP contribution in [0.2, 0.25) is 0 Å². The van der Waals surface area contributed by atoms with Crippen LogP contribution >= 0.6 is 0 Å². The van der Waals surface area contributed by atoms with E-state index in [9.17, 15) is 14.4 Å². The van der Waals surface area contributed by atoms with Crippen molar-refractivity contribution in [2.24, 2.45) is 5.73 Å². The molecule has 0 aliphatic rings. The van der Waals surface area contributed by atoms with Crippen LogP contribution in [0.5, 0.6) is 5.75 Å². The number of anilines is 1. The summed E-state index contributed by atoms with van der Waals surface area (Å²) in [7, 11) is 1.46. The maximum absolute atomic E-state index is 12.7. The molecule has 0 radical (unpaired) electrons. The molecule has 0 unspecified atom stereocenters. The summed E-state index contributed by atoms with van der Waals surface area (Å²) in [5.41, 5.74) is 7.60. The predicted octanol–water partition coefficient (Wildman–Crippen LogP) is 2.50. The number of hydrogen-bond acceptors (Lipinski definition) is 8. The number of rotatable bonds is 10. The molecule has 2 heterocycles. The van der Waals surface area contributed by atoms with Crippen LogP contribution in [0, 0.1) is 0 Å². The molecule has 12 nitrogen and oxygen atoms in total. The Morgan fingerprint density at radius 2 is 1.89 bits per heavy atom. The minimum atomic E-state index is -0.641. The van der Waals surface area contributed by atoms with E-state index in [1.54, 1.807) is 10.6 Å². The van der Waals surface area contributed by atoms with E-state index in [-0.39, 0.29) is 23.8 Å². The topological polar surface area (TPSA) is 163 Å². The van der Waals surface area contributed by atoms with Gasteiger partial charge in [0.05, 0.1) is 12.6 Å². The number of carbonyl (C=O) groups is 3. The Morgan fingerprint density at radius 3 is 2.59 bits per heavy atom. The maximum atomic E-state index is 12.7. The van der Waals surface area contributed by atoms with Gasteiger partial charge in [-0.1, -0.05) is 30.3 Å². The first-order valence-corrected chi connectivity index (χ1v) is 11.4. The van der Waals surface area contributed by atoms with Crippen molar-refractivity contribution < 1.29 is 23.9 Å². The third kappa shape index (κ3) is 6.17. The molecule has 37 heavy (non-hydrogen) atoms. The number of fused-ring (bicyclic) bond motifs is 1. The van der Waals surface area contributed by atoms with E-state index in [1.165, 1.54) is 31.5 Å². The van der Waals surface area contributed by atoms with Crippen molar-refractivity contribution in [3.8, 4) is 5.75 Å². The zero-order valence-electron chi connectivity index (χ0n) is 20.0. The van der Waals surface area contributed by atoms with Gasteiger partial charge in [-0.15, -0.1) is 5.10 Å². The summed E-state index contributed by atoms with van der Waals surface area (Å²) in [5, 5.41) is 13.0. The molecule has 0 fully saturated rings. The van der Waals surface area contributed by atoms with Crippen LogP contribution in [0.3, 0.4) is 0 Å². The van der Waals surface area contributed by atoms with Crippen molar-refractivity contribution in [2.45, 2.75) is 19.6 Å². The van der Waals surface area contributed by atoms with Crippen molar-refractivity contribution >= 4 is 34.9 Å². The molecule has 0 atom stereocenters. The van der Waals surface area contributed by atoms with Crippen LogP contribution < -0.4 is 21.1 Å². The smallest absolute Gasteiger partial charge is 0.407 e. The van der Waals surface area contributed by atoms with E-state index >= 15 is 0 Å². The Balaban J connectivity index is 1.50. The van der Waals surface area contributed by atoms with Gasteiger partial charge in [-0.2, -0.15) is 5.10 Å². The first-order chi connectivity index (χ1) is 18.0. The predicted molar refractivity (Wildman–Crippen MR) is 134 cm³/mol. The number of carbonyl (C=O) groups excluding carboxylic acids is 3. The van der Waals surface area contributed by atoms with Gasteiger partial charge in [0.2, 0.25) is 11.9 Å². The Morgan fingerprint density at radius 1 is 1.08 bits per heavy atom. The number of nitrogens with two attached hydrogens (primary N) is 1. The number of primary amides is 1. The van der Waals surface area contributed by atoms with Gasteiger partial charge in [0.1, 0.15) is 17.9 Å². The molecule has 4 N–H and O–H groups in total. The highest BCUT2D eigenvalue weighted by Gasteiger charge is 2.20. The van der Waals surface area contributed by atoms with Crippen LogP contribution in [0.4, 0.5) is 10.7 Å². The Kier molecular flexibility index (Phi) is 7.88. The summed E-state index contributed by atoms with van der Waals surface area (Å²) in [6, 6.07) is 15.5. The summed E-state index contributed by atoms with van der Waals surface area (Å²) >= 11 is 0. The van der Waals surface area contributed by atoms with E-state index < -0.39 is 17.9 Å². The normalized spacial score (nSPS) is 10.6. The van der Waals surface area contributed by atoms with Crippen molar-refractivity contribution in [3.05, 3.63) is 77.6 Å². The van der Waals surface area contributed by atoms with Crippen molar-refractivity contribution in [1.82, 2.24) is 25.1 Å². The highest BCUT2D eigenvalue weighted by molar-refractivity contribution is 6.03. The number of ether oxygens (including phenoxy) is 2. The highest BCUT2D eigenvalue weighted by atomic mass is 16.5. The number of benzene rings is 2. The van der Waals surface area contributed by atoms with Crippen LogP contribution in [0.15, 0.2) is 60.8 Å². The molecule has 0 saturated heterocycles. The molecule has 2 aromatic carbocycles. The molecule has 0 aliphatic carbocycles. The van der Waals surface area contributed by atoms with Crippen molar-refractivity contribution in [1.29, 1.82) is 0 Å². The lowest BCUT2D eigenvalue weighted by molar-refractivity contribution is 0.0996. The molecule has 0 spiro atoms. The van der Waals surface area contributed by atoms with E-state index in [0.717, 1.165) is 5.56 Å². The third-order valence-corrected chi connectivity index (χ3v) is 5.38. The highest BCUT2D eigenvalue weighted by Crippen LogP contribution is 2.31. The third-order valence-electron chi connectivity index (χ3n) is 5.38. The fourth-order valence-corrected chi connectivity index (χ4v) is 3.63. The molecule has 3 amide bonds. The molecule has 4 rings (SSSR count). The van der Waals surface area contributed by atoms with Crippen LogP contribution in [-0.4, -0.2) is 51.3 Å². The second-order valence-corrected chi connectivity index (χ2v) is 7.90. The second-order valence-electron chi connectivity index (χ2n) is 7.90. The number of hydrogen-bond donors (Lipinski definition) is 3. The van der Waals surface area contributed by atoms with E-state index in [0.29, 0.717) is 36.3 Å². The van der Waals surface area contributed by atoms with Gasteiger partial charge in [-0.25, -0.2) is 9.78 Å². The number of nitrogens with zero attached hydrogens (tertiary/aromatic N) is 4. The van der Waals surface area contributed by atoms with Gasteiger partial charge in [0.15, 0.2) is 5.69 Å². The minimum Gasteiger partial charge on any atom is -0.494 e. The fraction of sp³-hybridized carbons (Fsp3) is 0.200. The van der Waals surface area contributed by atoms with Gasteiger partial charge in [-0.05, 0) is 36.2 Å². The van der Waals surface area contributed by atoms with Gasteiger partial charge < -0.3 is 25.1 Å². The van der Waals surface area contributed by atoms with Crippen LogP contribution in [-0.2, 0) is 17.9 Å². The average Bonchev–Trinajstić information content (AvgIpc) is 3.27. The number of methoxy groups -OCH3 is 1. The minimum absolute atomic E-state index is 0.105. The lowest BCUT2D eigenvalue weighted by atomic mass is 10.1.